The Morgan fingerprint density at radius 1 is 0.554 bits per heavy atom. The molecule has 6 rings (SSSR count). The molecule has 1 atom stereocenters. The van der Waals surface area contributed by atoms with E-state index < -0.39 is 55.0 Å². The van der Waals surface area contributed by atoms with E-state index in [2.05, 4.69) is 137 Å². The number of rotatable bonds is 14. The van der Waals surface area contributed by atoms with E-state index in [9.17, 15) is 0 Å². The topological polar surface area (TPSA) is 36.9 Å². The average molecular weight is 912 g/mol. The summed E-state index contributed by atoms with van der Waals surface area (Å²) in [5, 5.41) is 0. The van der Waals surface area contributed by atoms with Crippen molar-refractivity contribution in [2.75, 3.05) is 0 Å². The molecule has 2 radical (unpaired) electrons. The van der Waals surface area contributed by atoms with E-state index in [0.717, 1.165) is 6.42 Å². The first-order valence-electron chi connectivity index (χ1n) is 21.1. The van der Waals surface area contributed by atoms with E-state index >= 15 is 0 Å². The van der Waals surface area contributed by atoms with Gasteiger partial charge in [0.2, 0.25) is 0 Å². The summed E-state index contributed by atoms with van der Waals surface area (Å²) in [4.78, 5) is 0. The summed E-state index contributed by atoms with van der Waals surface area (Å²) in [6, 6.07) is 22.1. The van der Waals surface area contributed by atoms with Crippen LogP contribution in [0.5, 0.6) is 0 Å². The Morgan fingerprint density at radius 2 is 0.929 bits per heavy atom. The maximum absolute atomic E-state index is 7.17. The molecule has 0 bridgehead atoms. The molecule has 0 unspecified atom stereocenters. The van der Waals surface area contributed by atoms with Crippen LogP contribution in [0.3, 0.4) is 0 Å². The maximum atomic E-state index is 7.17. The van der Waals surface area contributed by atoms with E-state index in [1.54, 1.807) is 0 Å². The van der Waals surface area contributed by atoms with Gasteiger partial charge in [-0.3, -0.25) is 0 Å². The van der Waals surface area contributed by atoms with Gasteiger partial charge in [0.15, 0.2) is 0 Å². The van der Waals surface area contributed by atoms with Gasteiger partial charge < -0.3 is 7.43 Å². The molecule has 0 spiro atoms. The van der Waals surface area contributed by atoms with Gasteiger partial charge in [-0.05, 0) is 0 Å². The van der Waals surface area contributed by atoms with Gasteiger partial charge in [0, 0.05) is 23.2 Å². The number of benzene rings is 2. The third-order valence-electron chi connectivity index (χ3n) is 13.2. The van der Waals surface area contributed by atoms with Crippen molar-refractivity contribution in [2.45, 2.75) is 161 Å². The molecule has 4 aliphatic rings. The Morgan fingerprint density at radius 3 is 1.29 bits per heavy atom. The molecule has 0 saturated carbocycles. The Hall–Kier alpha value is -1.32. The summed E-state index contributed by atoms with van der Waals surface area (Å²) in [5.41, 5.74) is 5.94. The molecular formula is C48H72B2CoO4Sn-. The Balaban J connectivity index is 0.00000111. The molecule has 56 heavy (non-hydrogen) atoms. The molecule has 2 aliphatic carbocycles. The maximum Gasteiger partial charge on any atom is 0.00506 e. The monoisotopic (exact) mass is 913 g/mol. The third kappa shape index (κ3) is 10.7. The van der Waals surface area contributed by atoms with Gasteiger partial charge in [-0.1, -0.05) is 24.3 Å². The molecule has 0 N–H and O–H groups in total. The molecule has 4 nitrogen and oxygen atoms in total. The number of hydrogen-bond acceptors (Lipinski definition) is 4. The normalized spacial score (nSPS) is 21.8. The fraction of sp³-hybridized carbons (Fsp3) is 0.542. The second kappa shape index (κ2) is 20.8. The van der Waals surface area contributed by atoms with Crippen molar-refractivity contribution in [3.63, 3.8) is 0 Å². The van der Waals surface area contributed by atoms with Crippen LogP contribution in [-0.2, 0) is 35.4 Å². The molecule has 0 aromatic heterocycles. The van der Waals surface area contributed by atoms with Crippen LogP contribution in [0.25, 0.3) is 11.1 Å². The van der Waals surface area contributed by atoms with Gasteiger partial charge in [-0.15, -0.1) is 0 Å². The van der Waals surface area contributed by atoms with Gasteiger partial charge in [-0.25, -0.2) is 0 Å². The van der Waals surface area contributed by atoms with E-state index in [0.29, 0.717) is 3.93 Å². The second-order valence-corrected chi connectivity index (χ2v) is 32.1. The average Bonchev–Trinajstić information content (AvgIpc) is 3.85. The molecule has 2 heterocycles. The molecule has 2 aromatic rings. The standard InChI is InChI=1S/C30H37B2O4.C5H5.3C4H9.CH3.Co.Sn/c1-27(2)28(3,4)34-31(33-27)23-19-20-24(32-35-29(5,6)30(7,8)36-32)26(22-17-13-10-14-18-22)25(23)21-15-11-9-12-16-21;1-2-4-5-3-1;3*1-3-4-2;;;/h9-19H,20H2,1-8H3;1-5H;3*1,3-4H2,2H3;1H3;;/q;;;;;-1;;. The minimum atomic E-state index is -3.09. The second-order valence-electron chi connectivity index (χ2n) is 18.0. The van der Waals surface area contributed by atoms with Crippen LogP contribution in [-0.4, -0.2) is 55.0 Å². The van der Waals surface area contributed by atoms with Crippen molar-refractivity contribution in [1.29, 1.82) is 0 Å². The SMILES string of the molecule is CCC[CH2][Sn]([CH2]CCC)([CH2]CCC)[C@H]1CC(B2OC(C)(C)C(C)(C)O2)=C(c2ccccc2)C(c2ccccc2)=C1B1OC(C)(C)C(C)(C)O1.[CH3-].[CH]1C=CC=C1.[Co]. The largest absolute Gasteiger partial charge is 0.358 e. The van der Waals surface area contributed by atoms with Crippen molar-refractivity contribution in [2.24, 2.45) is 0 Å². The summed E-state index contributed by atoms with van der Waals surface area (Å²) in [6.45, 7) is 24.7. The molecule has 2 saturated heterocycles. The first-order chi connectivity index (χ1) is 25.6. The predicted octanol–water partition coefficient (Wildman–Crippen LogP) is 13.5. The molecule has 308 valence electrons. The van der Waals surface area contributed by atoms with E-state index in [1.807, 2.05) is 30.7 Å². The molecular weight excluding hydrogens is 840 g/mol. The van der Waals surface area contributed by atoms with Crippen LogP contribution < -0.4 is 0 Å². The summed E-state index contributed by atoms with van der Waals surface area (Å²) in [5.74, 6) is 0. The fourth-order valence-electron chi connectivity index (χ4n) is 8.56. The van der Waals surface area contributed by atoms with E-state index in [4.69, 9.17) is 18.6 Å². The van der Waals surface area contributed by atoms with Crippen molar-refractivity contribution < 1.29 is 35.4 Å². The smallest absolute Gasteiger partial charge is 0.00506 e. The zero-order valence-corrected chi connectivity index (χ0v) is 40.8. The summed E-state index contributed by atoms with van der Waals surface area (Å²) < 4.78 is 33.0. The van der Waals surface area contributed by atoms with Gasteiger partial charge >= 0.3 is 306 Å². The van der Waals surface area contributed by atoms with Crippen LogP contribution in [0, 0.1) is 13.8 Å². The van der Waals surface area contributed by atoms with Crippen molar-refractivity contribution in [3.8, 4) is 0 Å². The summed E-state index contributed by atoms with van der Waals surface area (Å²) >= 11 is -3.09. The molecule has 2 aliphatic heterocycles. The predicted molar refractivity (Wildman–Crippen MR) is 241 cm³/mol. The molecule has 2 fully saturated rings. The minimum absolute atomic E-state index is 0. The number of hydrogen-bond donors (Lipinski definition) is 0. The van der Waals surface area contributed by atoms with Crippen LogP contribution in [0.4, 0.5) is 0 Å². The van der Waals surface area contributed by atoms with Gasteiger partial charge in [0.25, 0.3) is 0 Å². The molecule has 2 aromatic carbocycles. The Bertz CT molecular complexity index is 1600. The van der Waals surface area contributed by atoms with Gasteiger partial charge in [0.1, 0.15) is 0 Å². The van der Waals surface area contributed by atoms with Gasteiger partial charge in [-0.2, -0.15) is 0 Å². The van der Waals surface area contributed by atoms with E-state index in [1.165, 1.54) is 85.1 Å². The van der Waals surface area contributed by atoms with Crippen LogP contribution in [0.2, 0.25) is 17.2 Å². The Kier molecular flexibility index (Phi) is 18.2. The van der Waals surface area contributed by atoms with Gasteiger partial charge in [0.05, 0.1) is 0 Å². The van der Waals surface area contributed by atoms with Crippen LogP contribution in [0.15, 0.2) is 95.9 Å². The Labute approximate surface area is 358 Å². The van der Waals surface area contributed by atoms with Crippen molar-refractivity contribution in [1.82, 2.24) is 0 Å². The molecule has 0 amide bonds. The first kappa shape index (κ1) is 49.0. The zero-order valence-electron chi connectivity index (χ0n) is 36.9. The van der Waals surface area contributed by atoms with Crippen LogP contribution in [0.1, 0.15) is 132 Å². The number of unbranched alkanes of at least 4 members (excludes halogenated alkanes) is 3. The van der Waals surface area contributed by atoms with Crippen LogP contribution >= 0.6 is 0 Å². The number of allylic oxidation sites excluding steroid dienone is 8. The van der Waals surface area contributed by atoms with Crippen molar-refractivity contribution in [3.05, 3.63) is 121 Å². The quantitative estimate of drug-likeness (QED) is 0.140. The minimum Gasteiger partial charge on any atom is -0.358 e. The van der Waals surface area contributed by atoms with E-state index in [-0.39, 0.29) is 24.2 Å². The summed E-state index contributed by atoms with van der Waals surface area (Å²) in [6.07, 6.45) is 18.6. The zero-order chi connectivity index (χ0) is 39.2. The fourth-order valence-corrected chi connectivity index (χ4v) is 27.3. The van der Waals surface area contributed by atoms with Crippen molar-refractivity contribution >= 4 is 43.8 Å². The molecule has 8 heteroatoms. The first-order valence-corrected chi connectivity index (χ1v) is 28.8. The summed E-state index contributed by atoms with van der Waals surface area (Å²) in [7, 11) is -0.835. The third-order valence-corrected chi connectivity index (χ3v) is 30.5.